The molecule has 344 valence electrons. The van der Waals surface area contributed by atoms with Crippen molar-refractivity contribution < 1.29 is 37.6 Å². The third-order valence-corrected chi connectivity index (χ3v) is 9.83. The van der Waals surface area contributed by atoms with E-state index in [2.05, 4.69) is 135 Å². The van der Waals surface area contributed by atoms with Crippen molar-refractivity contribution >= 4 is 19.8 Å². The molecule has 0 aromatic rings. The summed E-state index contributed by atoms with van der Waals surface area (Å²) in [5, 5.41) is 0. The summed E-state index contributed by atoms with van der Waals surface area (Å²) < 4.78 is 32.8. The van der Waals surface area contributed by atoms with Crippen molar-refractivity contribution in [1.82, 2.24) is 0 Å². The van der Waals surface area contributed by atoms with Crippen LogP contribution < -0.4 is 5.73 Å². The molecule has 0 amide bonds. The molecule has 0 aromatic carbocycles. The van der Waals surface area contributed by atoms with Crippen molar-refractivity contribution in [2.45, 2.75) is 161 Å². The summed E-state index contributed by atoms with van der Waals surface area (Å²) in [5.41, 5.74) is 5.35. The lowest BCUT2D eigenvalue weighted by Crippen LogP contribution is -2.29. The van der Waals surface area contributed by atoms with E-state index < -0.39 is 32.5 Å². The van der Waals surface area contributed by atoms with E-state index in [0.717, 1.165) is 116 Å². The highest BCUT2D eigenvalue weighted by Gasteiger charge is 2.26. The molecule has 0 aliphatic rings. The van der Waals surface area contributed by atoms with Gasteiger partial charge in [0, 0.05) is 19.4 Å². The summed E-state index contributed by atoms with van der Waals surface area (Å²) in [5.74, 6) is -0.899. The molecule has 0 aliphatic carbocycles. The summed E-state index contributed by atoms with van der Waals surface area (Å²) >= 11 is 0. The van der Waals surface area contributed by atoms with Crippen molar-refractivity contribution in [1.29, 1.82) is 0 Å². The maximum absolute atomic E-state index is 12.6. The zero-order valence-corrected chi connectivity index (χ0v) is 38.7. The minimum atomic E-state index is -4.40. The fourth-order valence-electron chi connectivity index (χ4n) is 5.51. The first-order valence-corrected chi connectivity index (χ1v) is 24.5. The van der Waals surface area contributed by atoms with Gasteiger partial charge in [0.05, 0.1) is 13.2 Å². The molecule has 2 unspecified atom stereocenters. The van der Waals surface area contributed by atoms with Gasteiger partial charge in [-0.25, -0.2) is 4.57 Å². The molecular weight excluding hydrogens is 786 g/mol. The Morgan fingerprint density at radius 3 is 1.25 bits per heavy atom. The molecule has 3 N–H and O–H groups in total. The molecule has 0 aliphatic heterocycles. The largest absolute Gasteiger partial charge is 0.472 e. The van der Waals surface area contributed by atoms with E-state index in [4.69, 9.17) is 24.3 Å². The molecule has 0 saturated carbocycles. The number of nitrogens with two attached hydrogens (primary N) is 1. The van der Waals surface area contributed by atoms with Crippen LogP contribution in [-0.4, -0.2) is 49.3 Å². The Kier molecular flexibility index (Phi) is 43.2. The number of hydrogen-bond acceptors (Lipinski definition) is 8. The second-order valence-corrected chi connectivity index (χ2v) is 16.0. The van der Waals surface area contributed by atoms with Gasteiger partial charge in [0.15, 0.2) is 6.10 Å². The molecule has 0 saturated heterocycles. The van der Waals surface area contributed by atoms with E-state index in [1.807, 2.05) is 0 Å². The number of rotatable bonds is 41. The van der Waals surface area contributed by atoms with Crippen LogP contribution in [0.3, 0.4) is 0 Å². The van der Waals surface area contributed by atoms with Gasteiger partial charge in [0.2, 0.25) is 0 Å². The van der Waals surface area contributed by atoms with Crippen LogP contribution in [0.5, 0.6) is 0 Å². The van der Waals surface area contributed by atoms with Gasteiger partial charge in [-0.1, -0.05) is 161 Å². The Morgan fingerprint density at radius 2 is 0.852 bits per heavy atom. The highest BCUT2D eigenvalue weighted by molar-refractivity contribution is 7.47. The van der Waals surface area contributed by atoms with Gasteiger partial charge < -0.3 is 20.1 Å². The molecular formula is C51H82NO8P. The molecule has 9 nitrogen and oxygen atoms in total. The second kappa shape index (κ2) is 45.9. The van der Waals surface area contributed by atoms with Gasteiger partial charge >= 0.3 is 19.8 Å². The van der Waals surface area contributed by atoms with Crippen LogP contribution >= 0.6 is 7.82 Å². The van der Waals surface area contributed by atoms with Crippen molar-refractivity contribution in [2.75, 3.05) is 26.4 Å². The highest BCUT2D eigenvalue weighted by Crippen LogP contribution is 2.43. The maximum Gasteiger partial charge on any atom is 0.472 e. The van der Waals surface area contributed by atoms with Crippen LogP contribution in [0.1, 0.15) is 155 Å². The van der Waals surface area contributed by atoms with Gasteiger partial charge in [-0.2, -0.15) is 0 Å². The lowest BCUT2D eigenvalue weighted by Gasteiger charge is -2.19. The quantitative estimate of drug-likeness (QED) is 0.0266. The van der Waals surface area contributed by atoms with Gasteiger partial charge in [-0.05, 0) is 103 Å². The van der Waals surface area contributed by atoms with Gasteiger partial charge in [0.25, 0.3) is 0 Å². The smallest absolute Gasteiger partial charge is 0.462 e. The number of carbonyl (C=O) groups is 2. The SMILES string of the molecule is CC/C=C\C/C=C\C/C=C\C/C=C\C/C=C\C/C=C\CCCCCCC(=O)OC(COC(=O)CCCCCC/C=C\C/C=C\C/C=C\C/C=C\CC)COP(=O)(O)OCCN. The van der Waals surface area contributed by atoms with Gasteiger partial charge in [-0.3, -0.25) is 18.6 Å². The van der Waals surface area contributed by atoms with E-state index in [1.165, 1.54) is 0 Å². The number of carbonyl (C=O) groups excluding carboxylic acids is 2. The monoisotopic (exact) mass is 868 g/mol. The molecule has 10 heteroatoms. The van der Waals surface area contributed by atoms with E-state index in [9.17, 15) is 19.0 Å². The fraction of sp³-hybridized carbons (Fsp3) is 0.569. The standard InChI is InChI=1S/C51H82NO8P/c1-3-5-7-9-11-13-15-17-19-21-22-23-24-25-26-28-30-32-34-36-38-40-42-44-51(54)60-49(48-59-61(55,56)58-46-45-52)47-57-50(53)43-41-39-37-35-33-31-29-27-20-18-16-14-12-10-8-6-4-2/h5-8,11-14,17-20,22-23,25-26,29-32,49H,3-4,9-10,15-16,21,24,27-28,33-48,52H2,1-2H3,(H,55,56)/b7-5-,8-6-,13-11-,14-12-,19-17-,20-18-,23-22-,26-25-,31-29-,32-30-. The first-order valence-electron chi connectivity index (χ1n) is 23.0. The van der Waals surface area contributed by atoms with Crippen LogP contribution in [0.2, 0.25) is 0 Å². The number of ether oxygens (including phenoxy) is 2. The Labute approximate surface area is 371 Å². The predicted octanol–water partition coefficient (Wildman–Crippen LogP) is 13.7. The zero-order chi connectivity index (χ0) is 44.6. The number of phosphoric ester groups is 1. The topological polar surface area (TPSA) is 134 Å². The molecule has 0 radical (unpaired) electrons. The summed E-state index contributed by atoms with van der Waals surface area (Å²) in [6.07, 6.45) is 62.3. The first kappa shape index (κ1) is 57.4. The van der Waals surface area contributed by atoms with Crippen molar-refractivity contribution in [3.63, 3.8) is 0 Å². The number of esters is 2. The number of phosphoric acid groups is 1. The lowest BCUT2D eigenvalue weighted by atomic mass is 10.1. The van der Waals surface area contributed by atoms with Crippen LogP contribution in [0.25, 0.3) is 0 Å². The Balaban J connectivity index is 4.25. The van der Waals surface area contributed by atoms with Crippen molar-refractivity contribution in [3.05, 3.63) is 122 Å². The molecule has 0 heterocycles. The van der Waals surface area contributed by atoms with Crippen LogP contribution in [-0.2, 0) is 32.7 Å². The predicted molar refractivity (Wildman–Crippen MR) is 256 cm³/mol. The average Bonchev–Trinajstić information content (AvgIpc) is 3.25. The van der Waals surface area contributed by atoms with E-state index >= 15 is 0 Å². The molecule has 0 aromatic heterocycles. The molecule has 61 heavy (non-hydrogen) atoms. The molecule has 0 spiro atoms. The second-order valence-electron chi connectivity index (χ2n) is 14.5. The summed E-state index contributed by atoms with van der Waals surface area (Å²) in [7, 11) is -4.40. The number of hydrogen-bond donors (Lipinski definition) is 2. The third-order valence-electron chi connectivity index (χ3n) is 8.84. The lowest BCUT2D eigenvalue weighted by molar-refractivity contribution is -0.161. The number of unbranched alkanes of at least 4 members (excludes halogenated alkanes) is 8. The van der Waals surface area contributed by atoms with E-state index in [1.54, 1.807) is 0 Å². The molecule has 0 rings (SSSR count). The average molecular weight is 868 g/mol. The van der Waals surface area contributed by atoms with Crippen molar-refractivity contribution in [2.24, 2.45) is 5.73 Å². The molecule has 0 bridgehead atoms. The highest BCUT2D eigenvalue weighted by atomic mass is 31.2. The van der Waals surface area contributed by atoms with Crippen LogP contribution in [0.15, 0.2) is 122 Å². The zero-order valence-electron chi connectivity index (χ0n) is 37.8. The first-order chi connectivity index (χ1) is 29.8. The normalized spacial score (nSPS) is 14.4. The Hall–Kier alpha value is -3.59. The molecule has 2 atom stereocenters. The summed E-state index contributed by atoms with van der Waals surface area (Å²) in [4.78, 5) is 35.0. The van der Waals surface area contributed by atoms with Gasteiger partial charge in [0.1, 0.15) is 6.61 Å². The fourth-order valence-corrected chi connectivity index (χ4v) is 6.27. The minimum absolute atomic E-state index is 0.0375. The van der Waals surface area contributed by atoms with Crippen LogP contribution in [0.4, 0.5) is 0 Å². The van der Waals surface area contributed by atoms with E-state index in [-0.39, 0.29) is 32.6 Å². The van der Waals surface area contributed by atoms with Crippen LogP contribution in [0, 0.1) is 0 Å². The third kappa shape index (κ3) is 45.8. The number of allylic oxidation sites excluding steroid dienone is 20. The van der Waals surface area contributed by atoms with Crippen molar-refractivity contribution in [3.8, 4) is 0 Å². The summed E-state index contributed by atoms with van der Waals surface area (Å²) in [6, 6.07) is 0. The Bertz CT molecular complexity index is 1400. The maximum atomic E-state index is 12.6. The minimum Gasteiger partial charge on any atom is -0.462 e. The van der Waals surface area contributed by atoms with E-state index in [0.29, 0.717) is 12.8 Å². The summed E-state index contributed by atoms with van der Waals surface area (Å²) in [6.45, 7) is 3.42. The van der Waals surface area contributed by atoms with Gasteiger partial charge in [-0.15, -0.1) is 0 Å². The Morgan fingerprint density at radius 1 is 0.492 bits per heavy atom. The molecule has 0 fully saturated rings.